The third kappa shape index (κ3) is 9.18. The molecule has 4 fully saturated rings. The quantitative estimate of drug-likeness (QED) is 0.253. The number of hydrogen-bond donors (Lipinski definition) is 2. The molecule has 0 bridgehead atoms. The summed E-state index contributed by atoms with van der Waals surface area (Å²) in [4.78, 5) is 33.2. The molecule has 11 nitrogen and oxygen atoms in total. The number of hydroxylamine groups is 4. The van der Waals surface area contributed by atoms with Crippen LogP contribution >= 0.6 is 0 Å². The van der Waals surface area contributed by atoms with E-state index in [4.69, 9.17) is 24.6 Å². The monoisotopic (exact) mass is 687 g/mol. The van der Waals surface area contributed by atoms with Crippen LogP contribution in [0.1, 0.15) is 145 Å². The number of hydrogen-bond acceptors (Lipinski definition) is 11. The number of nitrogens with zero attached hydrogens (tertiary/aromatic N) is 7. The Hall–Kier alpha value is -1.79. The first-order valence-electron chi connectivity index (χ1n) is 19.6. The van der Waals surface area contributed by atoms with Crippen LogP contribution in [0.2, 0.25) is 0 Å². The number of rotatable bonds is 11. The molecule has 280 valence electrons. The Kier molecular flexibility index (Phi) is 12.4. The van der Waals surface area contributed by atoms with Crippen molar-refractivity contribution in [3.63, 3.8) is 0 Å². The van der Waals surface area contributed by atoms with E-state index in [1.54, 1.807) is 0 Å². The van der Waals surface area contributed by atoms with Crippen LogP contribution < -0.4 is 15.1 Å². The van der Waals surface area contributed by atoms with Gasteiger partial charge in [0.1, 0.15) is 0 Å². The van der Waals surface area contributed by atoms with E-state index in [9.17, 15) is 5.11 Å². The average Bonchev–Trinajstić information content (AvgIpc) is 3.14. The van der Waals surface area contributed by atoms with E-state index in [0.717, 1.165) is 51.4 Å². The summed E-state index contributed by atoms with van der Waals surface area (Å²) in [5.41, 5.74) is -0.476. The molecule has 2 saturated heterocycles. The minimum absolute atomic E-state index is 0.00685. The Morgan fingerprint density at radius 2 is 1.20 bits per heavy atom. The van der Waals surface area contributed by atoms with E-state index in [1.807, 2.05) is 0 Å². The zero-order valence-corrected chi connectivity index (χ0v) is 32.7. The maximum Gasteiger partial charge on any atom is 0.231 e. The minimum Gasteiger partial charge on any atom is -0.395 e. The summed E-state index contributed by atoms with van der Waals surface area (Å²) in [5.74, 6) is 2.25. The SMILES string of the molecule is CC1CC(N(C)c2nc(NCCO)nc(N(C)C3CC(C)(C)N(OC4CCCCC4)C(C)(C)C3)n2)CC(C)(C)N(OC2CCCCC2)C1C. The van der Waals surface area contributed by atoms with Crippen LogP contribution in [0.3, 0.4) is 0 Å². The van der Waals surface area contributed by atoms with Crippen LogP contribution in [0.4, 0.5) is 17.8 Å². The van der Waals surface area contributed by atoms with Gasteiger partial charge in [0.15, 0.2) is 0 Å². The Bertz CT molecular complexity index is 1180. The van der Waals surface area contributed by atoms with Gasteiger partial charge in [-0.15, -0.1) is 0 Å². The lowest BCUT2D eigenvalue weighted by atomic mass is 9.78. The molecule has 0 amide bonds. The Labute approximate surface area is 297 Å². The summed E-state index contributed by atoms with van der Waals surface area (Å²) in [6.07, 6.45) is 16.7. The molecular weight excluding hydrogens is 616 g/mol. The molecule has 2 aliphatic heterocycles. The summed E-state index contributed by atoms with van der Waals surface area (Å²) in [6, 6.07) is 0.735. The van der Waals surface area contributed by atoms with Crippen molar-refractivity contribution in [3.8, 4) is 0 Å². The highest BCUT2D eigenvalue weighted by Gasteiger charge is 2.49. The van der Waals surface area contributed by atoms with Crippen molar-refractivity contribution in [2.75, 3.05) is 42.4 Å². The van der Waals surface area contributed by atoms with Crippen LogP contribution in [0.25, 0.3) is 0 Å². The molecule has 2 saturated carbocycles. The minimum atomic E-state index is -0.160. The van der Waals surface area contributed by atoms with Crippen molar-refractivity contribution < 1.29 is 14.8 Å². The second-order valence-electron chi connectivity index (χ2n) is 17.8. The highest BCUT2D eigenvalue weighted by molar-refractivity contribution is 5.46. The van der Waals surface area contributed by atoms with Gasteiger partial charge in [-0.25, -0.2) is 0 Å². The van der Waals surface area contributed by atoms with E-state index in [0.29, 0.717) is 48.6 Å². The number of anilines is 3. The van der Waals surface area contributed by atoms with E-state index < -0.39 is 0 Å². The predicted octanol–water partition coefficient (Wildman–Crippen LogP) is 6.97. The van der Waals surface area contributed by atoms with E-state index in [2.05, 4.69) is 94.7 Å². The summed E-state index contributed by atoms with van der Waals surface area (Å²) in [7, 11) is 4.26. The van der Waals surface area contributed by atoms with Gasteiger partial charge in [0.2, 0.25) is 17.8 Å². The predicted molar refractivity (Wildman–Crippen MR) is 199 cm³/mol. The number of aliphatic hydroxyl groups is 1. The van der Waals surface area contributed by atoms with E-state index >= 15 is 0 Å². The van der Waals surface area contributed by atoms with Crippen molar-refractivity contribution in [2.24, 2.45) is 5.92 Å². The van der Waals surface area contributed by atoms with Crippen LogP contribution in [-0.2, 0) is 9.68 Å². The van der Waals surface area contributed by atoms with Crippen molar-refractivity contribution in [1.82, 2.24) is 25.1 Å². The maximum absolute atomic E-state index is 9.65. The van der Waals surface area contributed by atoms with Gasteiger partial charge < -0.3 is 20.2 Å². The fraction of sp³-hybridized carbons (Fsp3) is 0.921. The van der Waals surface area contributed by atoms with E-state index in [-0.39, 0.29) is 35.3 Å². The average molecular weight is 687 g/mol. The lowest BCUT2D eigenvalue weighted by molar-refractivity contribution is -0.309. The third-order valence-corrected chi connectivity index (χ3v) is 12.1. The first-order chi connectivity index (χ1) is 23.1. The second kappa shape index (κ2) is 15.8. The van der Waals surface area contributed by atoms with Gasteiger partial charge >= 0.3 is 0 Å². The lowest BCUT2D eigenvalue weighted by Crippen LogP contribution is -2.64. The normalized spacial score (nSPS) is 29.0. The molecule has 4 aliphatic rings. The number of piperidine rings is 1. The molecule has 49 heavy (non-hydrogen) atoms. The zero-order valence-electron chi connectivity index (χ0n) is 32.7. The first-order valence-corrected chi connectivity index (χ1v) is 19.6. The molecule has 11 heteroatoms. The fourth-order valence-corrected chi connectivity index (χ4v) is 9.36. The van der Waals surface area contributed by atoms with Gasteiger partial charge in [-0.2, -0.15) is 25.1 Å². The topological polar surface area (TPSA) is 102 Å². The van der Waals surface area contributed by atoms with Gasteiger partial charge in [0, 0.05) is 55.4 Å². The molecule has 3 heterocycles. The van der Waals surface area contributed by atoms with Crippen molar-refractivity contribution >= 4 is 17.8 Å². The summed E-state index contributed by atoms with van der Waals surface area (Å²) in [6.45, 7) is 19.0. The molecule has 0 aromatic carbocycles. The number of aromatic nitrogens is 3. The standard InChI is InChI=1S/C38H70N8O3/c1-27-23-29(24-36(3,4)45(28(27)2)48-31-17-13-11-14-18-31)43(9)34-40-33(39-21-22-47)41-35(42-34)44(10)30-25-37(5,6)46(38(7,8)26-30)49-32-19-15-12-16-20-32/h27-32,47H,11-26H2,1-10H3,(H,39,40,41,42). The first kappa shape index (κ1) is 38.4. The third-order valence-electron chi connectivity index (χ3n) is 12.1. The highest BCUT2D eigenvalue weighted by Crippen LogP contribution is 2.43. The maximum atomic E-state index is 9.65. The molecule has 0 radical (unpaired) electrons. The number of nitrogens with one attached hydrogen (secondary N) is 1. The van der Waals surface area contributed by atoms with E-state index in [1.165, 1.54) is 38.5 Å². The van der Waals surface area contributed by atoms with Gasteiger partial charge in [0.05, 0.1) is 18.8 Å². The Morgan fingerprint density at radius 1 is 0.714 bits per heavy atom. The van der Waals surface area contributed by atoms with Crippen molar-refractivity contribution in [3.05, 3.63) is 0 Å². The van der Waals surface area contributed by atoms with Crippen LogP contribution in [0.15, 0.2) is 0 Å². The van der Waals surface area contributed by atoms with Crippen molar-refractivity contribution in [1.29, 1.82) is 0 Å². The molecule has 5 rings (SSSR count). The van der Waals surface area contributed by atoms with Crippen LogP contribution in [-0.4, -0.2) is 104 Å². The van der Waals surface area contributed by atoms with Crippen LogP contribution in [0.5, 0.6) is 0 Å². The molecule has 1 aromatic heterocycles. The smallest absolute Gasteiger partial charge is 0.231 e. The number of aliphatic hydroxyl groups excluding tert-OH is 1. The second-order valence-corrected chi connectivity index (χ2v) is 17.8. The summed E-state index contributed by atoms with van der Waals surface area (Å²) in [5, 5.41) is 17.6. The Morgan fingerprint density at radius 3 is 1.73 bits per heavy atom. The molecule has 1 aromatic rings. The largest absolute Gasteiger partial charge is 0.395 e. The van der Waals surface area contributed by atoms with Crippen LogP contribution in [0, 0.1) is 5.92 Å². The van der Waals surface area contributed by atoms with Gasteiger partial charge in [-0.3, -0.25) is 9.68 Å². The summed E-state index contributed by atoms with van der Waals surface area (Å²) < 4.78 is 0. The Balaban J connectivity index is 1.37. The highest BCUT2D eigenvalue weighted by atomic mass is 16.7. The zero-order chi connectivity index (χ0) is 35.6. The molecule has 3 atom stereocenters. The van der Waals surface area contributed by atoms with Gasteiger partial charge in [0.25, 0.3) is 0 Å². The van der Waals surface area contributed by atoms with Gasteiger partial charge in [-0.1, -0.05) is 45.4 Å². The summed E-state index contributed by atoms with van der Waals surface area (Å²) >= 11 is 0. The van der Waals surface area contributed by atoms with Crippen molar-refractivity contribution in [2.45, 2.75) is 192 Å². The fourth-order valence-electron chi connectivity index (χ4n) is 9.36. The molecule has 3 unspecified atom stereocenters. The molecule has 2 N–H and O–H groups in total. The molecule has 0 spiro atoms. The molecule has 2 aliphatic carbocycles. The molecular formula is C38H70N8O3. The lowest BCUT2D eigenvalue weighted by Gasteiger charge is -2.56. The van der Waals surface area contributed by atoms with Gasteiger partial charge in [-0.05, 0) is 106 Å².